The number of allylic oxidation sites excluding steroid dienone is 4. The van der Waals surface area contributed by atoms with Gasteiger partial charge in [-0.25, -0.2) is 4.79 Å². The van der Waals surface area contributed by atoms with Crippen LogP contribution in [-0.4, -0.2) is 177 Å². The fraction of sp³-hybridized carbons (Fsp3) is 0.792. The number of aliphatic hydroxyl groups is 2. The van der Waals surface area contributed by atoms with Crippen LogP contribution < -0.4 is 0 Å². The summed E-state index contributed by atoms with van der Waals surface area (Å²) in [5.74, 6) is -8.19. The summed E-state index contributed by atoms with van der Waals surface area (Å²) in [7, 11) is 6.78. The minimum absolute atomic E-state index is 0.00409. The van der Waals surface area contributed by atoms with Gasteiger partial charge in [0.05, 0.1) is 24.4 Å². The number of piperidine rings is 1. The second kappa shape index (κ2) is 26.4. The number of hydrogen-bond donors (Lipinski definition) is 2. The molecule has 16 nitrogen and oxygen atoms in total. The minimum atomic E-state index is -2.53. The van der Waals surface area contributed by atoms with Gasteiger partial charge in [-0.15, -0.1) is 6.58 Å². The van der Waals surface area contributed by atoms with Crippen molar-refractivity contribution < 1.29 is 62.6 Å². The van der Waals surface area contributed by atoms with Crippen molar-refractivity contribution in [1.29, 1.82) is 0 Å². The van der Waals surface area contributed by atoms with E-state index in [9.17, 15) is 34.2 Å². The monoisotopic (exact) mass is 972 g/mol. The van der Waals surface area contributed by atoms with E-state index in [1.165, 1.54) is 19.1 Å². The van der Waals surface area contributed by atoms with Gasteiger partial charge in [0.2, 0.25) is 5.79 Å². The molecule has 390 valence electrons. The molecule has 1 saturated carbocycles. The highest BCUT2D eigenvalue weighted by Gasteiger charge is 2.56. The van der Waals surface area contributed by atoms with Gasteiger partial charge in [-0.3, -0.25) is 19.2 Å². The van der Waals surface area contributed by atoms with Gasteiger partial charge in [0.25, 0.3) is 11.7 Å². The lowest BCUT2D eigenvalue weighted by Crippen LogP contribution is -2.64. The number of rotatable bonds is 12. The quantitative estimate of drug-likeness (QED) is 0.147. The number of likely N-dealkylation sites (N-methyl/N-ethyl adjacent to an activating group) is 1. The zero-order valence-electron chi connectivity index (χ0n) is 43.1. The van der Waals surface area contributed by atoms with Crippen molar-refractivity contribution in [1.82, 2.24) is 14.7 Å². The number of carbonyl (C=O) groups is 5. The fourth-order valence-corrected chi connectivity index (χ4v) is 11.3. The highest BCUT2D eigenvalue weighted by atomic mass is 16.7. The molecule has 1 aliphatic carbocycles. The first-order valence-corrected chi connectivity index (χ1v) is 25.7. The standard InChI is InChI=1S/C53H85N3O13/c1-11-15-39-27-33(2)26-34(3)28-45(65-9)49-46(66-10)30-36(5)53(63,69-49)50(60)51(61)56-21-13-12-16-40(56)52(62)68-48(37(6)41(57)32-42(39)58)35(4)29-38-18-19-43(44(31-38)64-8)67-47(59)17-14-20-55-24-22-54(7)23-25-55/h11,27,29,34,36-41,43-46,48-49,57,63H,1,12-26,28,30-32H2,2-10H3/b33-27+,35-29+/t34-,36+,37+,38-,39+,40?,41-,43+,44+,45-,46-,48+,49+,53+/m0/s1. The van der Waals surface area contributed by atoms with Crippen LogP contribution in [0.3, 0.4) is 0 Å². The zero-order valence-corrected chi connectivity index (χ0v) is 43.1. The van der Waals surface area contributed by atoms with Crippen LogP contribution in [-0.2, 0) is 52.4 Å². The van der Waals surface area contributed by atoms with Crippen LogP contribution in [0.5, 0.6) is 0 Å². The number of ether oxygens (including phenoxy) is 6. The Morgan fingerprint density at radius 2 is 1.58 bits per heavy atom. The molecule has 4 heterocycles. The zero-order chi connectivity index (χ0) is 50.6. The average molecular weight is 972 g/mol. The van der Waals surface area contributed by atoms with Crippen LogP contribution in [0, 0.1) is 29.6 Å². The Morgan fingerprint density at radius 3 is 2.25 bits per heavy atom. The van der Waals surface area contributed by atoms with Crippen molar-refractivity contribution in [3.63, 3.8) is 0 Å². The first-order chi connectivity index (χ1) is 32.8. The van der Waals surface area contributed by atoms with Gasteiger partial charge >= 0.3 is 11.9 Å². The molecule has 5 rings (SSSR count). The van der Waals surface area contributed by atoms with E-state index in [0.717, 1.165) is 44.7 Å². The Bertz CT molecular complexity index is 1820. The lowest BCUT2D eigenvalue weighted by Gasteiger charge is -2.47. The van der Waals surface area contributed by atoms with Crippen molar-refractivity contribution in [2.75, 3.05) is 67.6 Å². The first kappa shape index (κ1) is 56.6. The number of methoxy groups -OCH3 is 3. The molecule has 3 saturated heterocycles. The molecular formula is C53H85N3O13. The molecule has 4 aliphatic heterocycles. The van der Waals surface area contributed by atoms with E-state index in [0.29, 0.717) is 63.4 Å². The van der Waals surface area contributed by atoms with E-state index in [-0.39, 0.29) is 55.5 Å². The third kappa shape index (κ3) is 14.9. The summed E-state index contributed by atoms with van der Waals surface area (Å²) in [4.78, 5) is 76.3. The number of nitrogens with zero attached hydrogens (tertiary/aromatic N) is 3. The molecule has 2 bridgehead atoms. The number of carbonyl (C=O) groups excluding carboxylic acids is 5. The van der Waals surface area contributed by atoms with Crippen LogP contribution in [0.25, 0.3) is 0 Å². The third-order valence-electron chi connectivity index (χ3n) is 15.6. The van der Waals surface area contributed by atoms with E-state index in [1.807, 2.05) is 32.9 Å². The number of fused-ring (bicyclic) bond motifs is 3. The van der Waals surface area contributed by atoms with E-state index in [4.69, 9.17) is 28.4 Å². The fourth-order valence-electron chi connectivity index (χ4n) is 11.3. The summed E-state index contributed by atoms with van der Waals surface area (Å²) in [6.07, 6.45) is 5.98. The third-order valence-corrected chi connectivity index (χ3v) is 15.6. The largest absolute Gasteiger partial charge is 0.460 e. The van der Waals surface area contributed by atoms with Crippen LogP contribution >= 0.6 is 0 Å². The summed E-state index contributed by atoms with van der Waals surface area (Å²) >= 11 is 0. The summed E-state index contributed by atoms with van der Waals surface area (Å²) in [6.45, 7) is 18.0. The van der Waals surface area contributed by atoms with Crippen LogP contribution in [0.15, 0.2) is 36.0 Å². The maximum atomic E-state index is 14.6. The molecule has 1 unspecified atom stereocenters. The topological polar surface area (TPSA) is 191 Å². The summed E-state index contributed by atoms with van der Waals surface area (Å²) in [6, 6.07) is -1.17. The number of esters is 2. The molecule has 0 radical (unpaired) electrons. The minimum Gasteiger partial charge on any atom is -0.460 e. The second-order valence-electron chi connectivity index (χ2n) is 21.0. The number of Topliss-reactive ketones (excluding diaryl/α,β-unsaturated/α-hetero) is 2. The molecule has 5 aliphatic rings. The number of hydrogen-bond acceptors (Lipinski definition) is 15. The number of piperazine rings is 1. The Hall–Kier alpha value is -3.35. The molecule has 4 fully saturated rings. The predicted molar refractivity (Wildman–Crippen MR) is 260 cm³/mol. The Kier molecular flexibility index (Phi) is 21.6. The van der Waals surface area contributed by atoms with Gasteiger partial charge in [-0.05, 0) is 115 Å². The molecule has 0 aromatic rings. The predicted octanol–water partition coefficient (Wildman–Crippen LogP) is 5.22. The Labute approximate surface area is 411 Å². The molecule has 69 heavy (non-hydrogen) atoms. The van der Waals surface area contributed by atoms with Gasteiger partial charge in [-0.2, -0.15) is 0 Å². The van der Waals surface area contributed by atoms with Crippen molar-refractivity contribution in [3.05, 3.63) is 36.0 Å². The van der Waals surface area contributed by atoms with Gasteiger partial charge in [0, 0.05) is 84.6 Å². The van der Waals surface area contributed by atoms with Crippen molar-refractivity contribution in [3.8, 4) is 0 Å². The van der Waals surface area contributed by atoms with E-state index in [1.54, 1.807) is 27.0 Å². The molecular weight excluding hydrogens is 887 g/mol. The van der Waals surface area contributed by atoms with Gasteiger partial charge in [-0.1, -0.05) is 44.6 Å². The van der Waals surface area contributed by atoms with Crippen molar-refractivity contribution >= 4 is 29.4 Å². The number of ketones is 2. The summed E-state index contributed by atoms with van der Waals surface area (Å²) in [5.41, 5.74) is 1.59. The Morgan fingerprint density at radius 1 is 0.899 bits per heavy atom. The van der Waals surface area contributed by atoms with Gasteiger partial charge in [0.15, 0.2) is 0 Å². The number of aliphatic hydroxyl groups excluding tert-OH is 1. The lowest BCUT2D eigenvalue weighted by molar-refractivity contribution is -0.302. The van der Waals surface area contributed by atoms with Gasteiger partial charge in [0.1, 0.15) is 30.1 Å². The SMILES string of the molecule is C=CC[C@@H]1/C=C(\C)C[C@H](C)C[C@H](OC)[C@H]2O[C@@](O)(C(=O)C(=O)N3CCCCC3C(=O)O[C@H](/C(C)=C/[C@@H]3CC[C@@H](OC(=O)CCCN4CCN(C)CC4)[C@H](OC)C3)[C@H](C)[C@@H](O)CC1=O)[C@H](C)C[C@@H]2OC. The Balaban J connectivity index is 1.41. The molecule has 2 N–H and O–H groups in total. The number of cyclic esters (lactones) is 1. The van der Waals surface area contributed by atoms with Crippen LogP contribution in [0.4, 0.5) is 0 Å². The molecule has 16 heteroatoms. The van der Waals surface area contributed by atoms with Crippen LogP contribution in [0.1, 0.15) is 118 Å². The maximum Gasteiger partial charge on any atom is 0.329 e. The molecule has 0 aromatic heterocycles. The van der Waals surface area contributed by atoms with E-state index >= 15 is 0 Å². The smallest absolute Gasteiger partial charge is 0.329 e. The van der Waals surface area contributed by atoms with Crippen molar-refractivity contribution in [2.24, 2.45) is 29.6 Å². The van der Waals surface area contributed by atoms with Crippen LogP contribution in [0.2, 0.25) is 0 Å². The highest BCUT2D eigenvalue weighted by molar-refractivity contribution is 6.39. The lowest BCUT2D eigenvalue weighted by atomic mass is 9.81. The molecule has 14 atom stereocenters. The normalized spacial score (nSPS) is 37.7. The number of amides is 1. The second-order valence-corrected chi connectivity index (χ2v) is 21.0. The van der Waals surface area contributed by atoms with E-state index in [2.05, 4.69) is 23.4 Å². The molecule has 1 amide bonds. The maximum absolute atomic E-state index is 14.6. The summed E-state index contributed by atoms with van der Waals surface area (Å²) in [5, 5.41) is 24.1. The molecule has 0 spiro atoms. The molecule has 0 aromatic carbocycles. The van der Waals surface area contributed by atoms with Crippen molar-refractivity contribution in [2.45, 2.75) is 173 Å². The first-order valence-electron chi connectivity index (χ1n) is 25.7. The summed E-state index contributed by atoms with van der Waals surface area (Å²) < 4.78 is 36.3. The van der Waals surface area contributed by atoms with Gasteiger partial charge < -0.3 is 53.3 Å². The average Bonchev–Trinajstić information content (AvgIpc) is 3.32. The van der Waals surface area contributed by atoms with E-state index < -0.39 is 83.9 Å². The highest BCUT2D eigenvalue weighted by Crippen LogP contribution is 2.39.